The Kier molecular flexibility index (Phi) is 3.54. The Hall–Kier alpha value is -2.10. The molecule has 104 valence electrons. The van der Waals surface area contributed by atoms with Crippen molar-refractivity contribution in [1.29, 1.82) is 0 Å². The van der Waals surface area contributed by atoms with E-state index < -0.39 is 6.09 Å². The van der Waals surface area contributed by atoms with Crippen LogP contribution in [0.25, 0.3) is 5.57 Å². The fraction of sp³-hybridized carbons (Fsp3) is 0.375. The Morgan fingerprint density at radius 3 is 2.65 bits per heavy atom. The summed E-state index contributed by atoms with van der Waals surface area (Å²) in [6.45, 7) is 0.714. The first kappa shape index (κ1) is 12.9. The van der Waals surface area contributed by atoms with Crippen LogP contribution < -0.4 is 0 Å². The van der Waals surface area contributed by atoms with Crippen molar-refractivity contribution in [2.24, 2.45) is 5.92 Å². The summed E-state index contributed by atoms with van der Waals surface area (Å²) in [7, 11) is 0. The summed E-state index contributed by atoms with van der Waals surface area (Å²) in [5, 5.41) is 0. The number of hydrogen-bond donors (Lipinski definition) is 0. The third-order valence-corrected chi connectivity index (χ3v) is 3.93. The smallest absolute Gasteiger partial charge is 0.416 e. The van der Waals surface area contributed by atoms with E-state index in [9.17, 15) is 9.59 Å². The number of hydrogen-bond acceptors (Lipinski definition) is 3. The lowest BCUT2D eigenvalue weighted by atomic mass is 9.86. The molecule has 0 N–H and O–H groups in total. The van der Waals surface area contributed by atoms with Crippen LogP contribution in [0.15, 0.2) is 36.4 Å². The van der Waals surface area contributed by atoms with Gasteiger partial charge in [-0.3, -0.25) is 4.79 Å². The van der Waals surface area contributed by atoms with Gasteiger partial charge in [-0.1, -0.05) is 36.4 Å². The topological polar surface area (TPSA) is 46.6 Å². The lowest BCUT2D eigenvalue weighted by Gasteiger charge is -2.23. The number of ether oxygens (including phenoxy) is 1. The molecule has 4 nitrogen and oxygen atoms in total. The zero-order valence-electron chi connectivity index (χ0n) is 11.2. The first-order chi connectivity index (χ1) is 9.75. The van der Waals surface area contributed by atoms with E-state index >= 15 is 0 Å². The second-order valence-corrected chi connectivity index (χ2v) is 5.17. The molecule has 1 aliphatic heterocycles. The van der Waals surface area contributed by atoms with Crippen LogP contribution in [0.1, 0.15) is 24.8 Å². The molecule has 0 radical (unpaired) electrons. The molecule has 1 aromatic carbocycles. The van der Waals surface area contributed by atoms with Gasteiger partial charge in [0.15, 0.2) is 0 Å². The molecule has 0 bridgehead atoms. The van der Waals surface area contributed by atoms with Gasteiger partial charge in [-0.05, 0) is 30.4 Å². The van der Waals surface area contributed by atoms with Crippen LogP contribution in [0.4, 0.5) is 4.79 Å². The van der Waals surface area contributed by atoms with Gasteiger partial charge in [-0.15, -0.1) is 0 Å². The monoisotopic (exact) mass is 271 g/mol. The molecule has 1 aromatic rings. The van der Waals surface area contributed by atoms with Crippen molar-refractivity contribution in [2.45, 2.75) is 19.3 Å². The van der Waals surface area contributed by atoms with E-state index in [-0.39, 0.29) is 11.8 Å². The van der Waals surface area contributed by atoms with E-state index in [2.05, 4.69) is 18.2 Å². The number of cyclic esters (lactones) is 1. The Labute approximate surface area is 118 Å². The van der Waals surface area contributed by atoms with Crippen LogP contribution in [0.2, 0.25) is 0 Å². The van der Waals surface area contributed by atoms with E-state index in [1.54, 1.807) is 0 Å². The van der Waals surface area contributed by atoms with Crippen LogP contribution in [-0.4, -0.2) is 30.1 Å². The van der Waals surface area contributed by atoms with Crippen molar-refractivity contribution in [3.63, 3.8) is 0 Å². The standard InChI is InChI=1S/C16H17NO3/c18-15(17-10-11-20-16(17)19)14-8-6-13(7-9-14)12-4-2-1-3-5-12/h1-6,14H,7-11H2/t14-/m0/s1. The minimum absolute atomic E-state index is 0.0872. The van der Waals surface area contributed by atoms with E-state index in [0.717, 1.165) is 12.8 Å². The van der Waals surface area contributed by atoms with Gasteiger partial charge in [0.25, 0.3) is 0 Å². The molecule has 1 heterocycles. The summed E-state index contributed by atoms with van der Waals surface area (Å²) in [6, 6.07) is 10.2. The van der Waals surface area contributed by atoms with Crippen molar-refractivity contribution in [2.75, 3.05) is 13.2 Å². The molecule has 1 saturated heterocycles. The van der Waals surface area contributed by atoms with Gasteiger partial charge in [0, 0.05) is 5.92 Å². The molecule has 2 aliphatic rings. The molecule has 0 spiro atoms. The first-order valence-corrected chi connectivity index (χ1v) is 6.98. The maximum absolute atomic E-state index is 12.2. The summed E-state index contributed by atoms with van der Waals surface area (Å²) in [5.41, 5.74) is 2.51. The number of allylic oxidation sites excluding steroid dienone is 2. The number of nitrogens with zero attached hydrogens (tertiary/aromatic N) is 1. The summed E-state index contributed by atoms with van der Waals surface area (Å²) >= 11 is 0. The van der Waals surface area contributed by atoms with Gasteiger partial charge in [-0.25, -0.2) is 9.69 Å². The Morgan fingerprint density at radius 1 is 1.25 bits per heavy atom. The lowest BCUT2D eigenvalue weighted by Crippen LogP contribution is -2.37. The van der Waals surface area contributed by atoms with Crippen LogP contribution in [0.3, 0.4) is 0 Å². The van der Waals surface area contributed by atoms with Crippen molar-refractivity contribution >= 4 is 17.6 Å². The summed E-state index contributed by atoms with van der Waals surface area (Å²) in [4.78, 5) is 24.9. The minimum Gasteiger partial charge on any atom is -0.447 e. The van der Waals surface area contributed by atoms with Gasteiger partial charge in [-0.2, -0.15) is 0 Å². The van der Waals surface area contributed by atoms with Crippen LogP contribution in [0.5, 0.6) is 0 Å². The fourth-order valence-corrected chi connectivity index (χ4v) is 2.79. The van der Waals surface area contributed by atoms with E-state index in [1.807, 2.05) is 18.2 Å². The van der Waals surface area contributed by atoms with E-state index in [0.29, 0.717) is 19.6 Å². The molecule has 1 aliphatic carbocycles. The third kappa shape index (κ3) is 2.46. The molecule has 0 unspecified atom stereocenters. The third-order valence-electron chi connectivity index (χ3n) is 3.93. The highest BCUT2D eigenvalue weighted by Crippen LogP contribution is 2.31. The summed E-state index contributed by atoms with van der Waals surface area (Å²) in [6.07, 6.45) is 4.01. The number of carbonyl (C=O) groups is 2. The molecule has 3 rings (SSSR count). The highest BCUT2D eigenvalue weighted by molar-refractivity contribution is 5.94. The predicted octanol–water partition coefficient (Wildman–Crippen LogP) is 2.85. The normalized spacial score (nSPS) is 22.4. The second kappa shape index (κ2) is 5.49. The minimum atomic E-state index is -0.493. The van der Waals surface area contributed by atoms with Gasteiger partial charge in [0.05, 0.1) is 6.54 Å². The van der Waals surface area contributed by atoms with E-state index in [4.69, 9.17) is 4.74 Å². The summed E-state index contributed by atoms with van der Waals surface area (Å²) in [5.74, 6) is -0.177. The van der Waals surface area contributed by atoms with Crippen molar-refractivity contribution in [1.82, 2.24) is 4.90 Å². The van der Waals surface area contributed by atoms with Gasteiger partial charge < -0.3 is 4.74 Å². The number of carbonyl (C=O) groups excluding carboxylic acids is 2. The van der Waals surface area contributed by atoms with E-state index in [1.165, 1.54) is 16.0 Å². The molecule has 2 amide bonds. The summed E-state index contributed by atoms with van der Waals surface area (Å²) < 4.78 is 4.82. The van der Waals surface area contributed by atoms with Crippen LogP contribution in [-0.2, 0) is 9.53 Å². The highest BCUT2D eigenvalue weighted by atomic mass is 16.6. The lowest BCUT2D eigenvalue weighted by molar-refractivity contribution is -0.132. The molecule has 0 aromatic heterocycles. The highest BCUT2D eigenvalue weighted by Gasteiger charge is 2.33. The van der Waals surface area contributed by atoms with Crippen molar-refractivity contribution in [3.8, 4) is 0 Å². The molecular formula is C16H17NO3. The zero-order chi connectivity index (χ0) is 13.9. The van der Waals surface area contributed by atoms with Crippen molar-refractivity contribution in [3.05, 3.63) is 42.0 Å². The maximum atomic E-state index is 12.2. The molecular weight excluding hydrogens is 254 g/mol. The second-order valence-electron chi connectivity index (χ2n) is 5.17. The average molecular weight is 271 g/mol. The molecule has 1 fully saturated rings. The van der Waals surface area contributed by atoms with Crippen LogP contribution >= 0.6 is 0 Å². The van der Waals surface area contributed by atoms with Crippen molar-refractivity contribution < 1.29 is 14.3 Å². The quantitative estimate of drug-likeness (QED) is 0.831. The molecule has 4 heteroatoms. The Bertz CT molecular complexity index is 550. The Morgan fingerprint density at radius 2 is 2.05 bits per heavy atom. The number of rotatable bonds is 2. The maximum Gasteiger partial charge on any atom is 0.416 e. The predicted molar refractivity (Wildman–Crippen MR) is 74.8 cm³/mol. The zero-order valence-corrected chi connectivity index (χ0v) is 11.2. The first-order valence-electron chi connectivity index (χ1n) is 6.98. The van der Waals surface area contributed by atoms with Gasteiger partial charge in [0.2, 0.25) is 5.91 Å². The van der Waals surface area contributed by atoms with Crippen LogP contribution in [0, 0.1) is 5.92 Å². The average Bonchev–Trinajstić information content (AvgIpc) is 2.94. The largest absolute Gasteiger partial charge is 0.447 e. The Balaban J connectivity index is 1.67. The SMILES string of the molecule is O=C1OCCN1C(=O)[C@H]1CC=C(c2ccccc2)CC1. The number of amides is 2. The van der Waals surface area contributed by atoms with Gasteiger partial charge in [0.1, 0.15) is 6.61 Å². The fourth-order valence-electron chi connectivity index (χ4n) is 2.79. The van der Waals surface area contributed by atoms with Gasteiger partial charge >= 0.3 is 6.09 Å². The number of benzene rings is 1. The molecule has 20 heavy (non-hydrogen) atoms. The molecule has 0 saturated carbocycles. The number of imide groups is 1. The molecule has 1 atom stereocenters.